The molecule has 20 heavy (non-hydrogen) atoms. The molecular formula is C12H17N7O. The molecule has 1 heterocycles. The summed E-state index contributed by atoms with van der Waals surface area (Å²) >= 11 is 0. The van der Waals surface area contributed by atoms with Crippen LogP contribution in [0.5, 0.6) is 5.75 Å². The summed E-state index contributed by atoms with van der Waals surface area (Å²) in [6, 6.07) is 9.52. The molecule has 0 atom stereocenters. The van der Waals surface area contributed by atoms with Gasteiger partial charge in [-0.3, -0.25) is 0 Å². The van der Waals surface area contributed by atoms with E-state index in [0.717, 1.165) is 5.69 Å². The van der Waals surface area contributed by atoms with Gasteiger partial charge in [-0.15, -0.1) is 0 Å². The maximum atomic E-state index is 5.45. The molecule has 8 heteroatoms. The third-order valence-corrected chi connectivity index (χ3v) is 2.46. The molecule has 0 aliphatic heterocycles. The summed E-state index contributed by atoms with van der Waals surface area (Å²) in [5.41, 5.74) is 5.79. The second-order valence-electron chi connectivity index (χ2n) is 3.79. The van der Waals surface area contributed by atoms with E-state index in [1.165, 1.54) is 0 Å². The van der Waals surface area contributed by atoms with E-state index in [0.29, 0.717) is 29.9 Å². The first-order valence-corrected chi connectivity index (χ1v) is 6.08. The molecule has 0 saturated heterocycles. The number of nitrogens with zero attached hydrogens (tertiary/aromatic N) is 2. The van der Waals surface area contributed by atoms with Crippen LogP contribution in [0.2, 0.25) is 0 Å². The van der Waals surface area contributed by atoms with Gasteiger partial charge in [0.15, 0.2) is 11.6 Å². The Hall–Kier alpha value is -2.58. The Balaban J connectivity index is 2.35. The summed E-state index contributed by atoms with van der Waals surface area (Å²) < 4.78 is 5.42. The average molecular weight is 275 g/mol. The van der Waals surface area contributed by atoms with Crippen molar-refractivity contribution in [3.8, 4) is 5.75 Å². The van der Waals surface area contributed by atoms with E-state index in [9.17, 15) is 0 Å². The molecule has 0 saturated carbocycles. The SMILES string of the molecule is CCOc1c(NN)nc(Nc2ccccc2)nc1NN. The van der Waals surface area contributed by atoms with Crippen molar-refractivity contribution in [3.63, 3.8) is 0 Å². The normalized spacial score (nSPS) is 9.95. The molecule has 106 valence electrons. The van der Waals surface area contributed by atoms with Crippen molar-refractivity contribution >= 4 is 23.3 Å². The molecule has 0 amide bonds. The van der Waals surface area contributed by atoms with Crippen LogP contribution in [0.4, 0.5) is 23.3 Å². The minimum absolute atomic E-state index is 0.341. The van der Waals surface area contributed by atoms with Crippen LogP contribution in [-0.2, 0) is 0 Å². The second-order valence-corrected chi connectivity index (χ2v) is 3.79. The summed E-state index contributed by atoms with van der Waals surface area (Å²) in [4.78, 5) is 8.47. The summed E-state index contributed by atoms with van der Waals surface area (Å²) in [7, 11) is 0. The molecule has 0 bridgehead atoms. The fraction of sp³-hybridized carbons (Fsp3) is 0.167. The Kier molecular flexibility index (Phi) is 4.53. The average Bonchev–Trinajstić information content (AvgIpc) is 2.49. The van der Waals surface area contributed by atoms with Crippen LogP contribution >= 0.6 is 0 Å². The van der Waals surface area contributed by atoms with Crippen LogP contribution in [-0.4, -0.2) is 16.6 Å². The third-order valence-electron chi connectivity index (χ3n) is 2.46. The first-order valence-electron chi connectivity index (χ1n) is 6.08. The van der Waals surface area contributed by atoms with E-state index in [-0.39, 0.29) is 0 Å². The molecule has 2 rings (SSSR count). The molecule has 0 aliphatic rings. The Morgan fingerprint density at radius 2 is 1.65 bits per heavy atom. The molecular weight excluding hydrogens is 258 g/mol. The Morgan fingerprint density at radius 3 is 2.15 bits per heavy atom. The number of para-hydroxylation sites is 1. The van der Waals surface area contributed by atoms with Gasteiger partial charge in [-0.1, -0.05) is 18.2 Å². The molecule has 0 aliphatic carbocycles. The number of anilines is 4. The van der Waals surface area contributed by atoms with E-state index in [4.69, 9.17) is 16.4 Å². The molecule has 2 aromatic rings. The van der Waals surface area contributed by atoms with Gasteiger partial charge < -0.3 is 20.9 Å². The Bertz CT molecular complexity index is 536. The number of nitrogens with one attached hydrogen (secondary N) is 3. The fourth-order valence-electron chi connectivity index (χ4n) is 1.63. The molecule has 0 spiro atoms. The zero-order valence-corrected chi connectivity index (χ0v) is 11.1. The summed E-state index contributed by atoms with van der Waals surface area (Å²) in [6.07, 6.45) is 0. The number of hydrazine groups is 2. The van der Waals surface area contributed by atoms with Gasteiger partial charge >= 0.3 is 0 Å². The zero-order chi connectivity index (χ0) is 14.4. The maximum Gasteiger partial charge on any atom is 0.231 e. The summed E-state index contributed by atoms with van der Waals surface area (Å²) in [5, 5.41) is 3.05. The maximum absolute atomic E-state index is 5.45. The van der Waals surface area contributed by atoms with Crippen LogP contribution in [0.25, 0.3) is 0 Å². The standard InChI is InChI=1S/C12H17N7O/c1-2-20-9-10(18-13)16-12(17-11(9)19-14)15-8-6-4-3-5-7-8/h3-7H,2,13-14H2,1H3,(H3,15,16,17,18,19). The van der Waals surface area contributed by atoms with Gasteiger partial charge in [-0.2, -0.15) is 9.97 Å². The lowest BCUT2D eigenvalue weighted by molar-refractivity contribution is 0.341. The largest absolute Gasteiger partial charge is 0.487 e. The van der Waals surface area contributed by atoms with Crippen molar-refractivity contribution < 1.29 is 4.74 Å². The van der Waals surface area contributed by atoms with Gasteiger partial charge in [0.1, 0.15) is 0 Å². The number of nitrogen functional groups attached to an aromatic ring is 2. The highest BCUT2D eigenvalue weighted by Crippen LogP contribution is 2.31. The van der Waals surface area contributed by atoms with Crippen LogP contribution < -0.4 is 32.6 Å². The van der Waals surface area contributed by atoms with E-state index in [1.807, 2.05) is 37.3 Å². The number of hydrogen-bond acceptors (Lipinski definition) is 8. The number of hydrogen-bond donors (Lipinski definition) is 5. The summed E-state index contributed by atoms with van der Waals surface area (Å²) in [6.45, 7) is 2.29. The predicted octanol–water partition coefficient (Wildman–Crippen LogP) is 1.19. The van der Waals surface area contributed by atoms with Crippen LogP contribution in [0, 0.1) is 0 Å². The molecule has 8 nitrogen and oxygen atoms in total. The van der Waals surface area contributed by atoms with Crippen molar-refractivity contribution in [3.05, 3.63) is 30.3 Å². The Morgan fingerprint density at radius 1 is 1.05 bits per heavy atom. The minimum atomic E-state index is 0.341. The Labute approximate surface area is 116 Å². The highest BCUT2D eigenvalue weighted by atomic mass is 16.5. The van der Waals surface area contributed by atoms with E-state index < -0.39 is 0 Å². The van der Waals surface area contributed by atoms with Crippen LogP contribution in [0.15, 0.2) is 30.3 Å². The lowest BCUT2D eigenvalue weighted by atomic mass is 10.3. The smallest absolute Gasteiger partial charge is 0.231 e. The van der Waals surface area contributed by atoms with Gasteiger partial charge in [0, 0.05) is 5.69 Å². The molecule has 7 N–H and O–H groups in total. The number of benzene rings is 1. The van der Waals surface area contributed by atoms with Crippen molar-refractivity contribution in [2.45, 2.75) is 6.92 Å². The van der Waals surface area contributed by atoms with Gasteiger partial charge in [0.05, 0.1) is 6.61 Å². The zero-order valence-electron chi connectivity index (χ0n) is 11.1. The topological polar surface area (TPSA) is 123 Å². The highest BCUT2D eigenvalue weighted by Gasteiger charge is 2.14. The van der Waals surface area contributed by atoms with Crippen molar-refractivity contribution in [2.75, 3.05) is 22.8 Å². The number of rotatable bonds is 6. The number of aromatic nitrogens is 2. The first kappa shape index (κ1) is 13.8. The first-order chi connectivity index (χ1) is 9.78. The van der Waals surface area contributed by atoms with E-state index in [1.54, 1.807) is 0 Å². The van der Waals surface area contributed by atoms with Crippen molar-refractivity contribution in [2.24, 2.45) is 11.7 Å². The quantitative estimate of drug-likeness (QED) is 0.393. The van der Waals surface area contributed by atoms with Gasteiger partial charge in [-0.05, 0) is 19.1 Å². The van der Waals surface area contributed by atoms with E-state index in [2.05, 4.69) is 26.1 Å². The highest BCUT2D eigenvalue weighted by molar-refractivity contribution is 5.67. The van der Waals surface area contributed by atoms with Crippen LogP contribution in [0.3, 0.4) is 0 Å². The van der Waals surface area contributed by atoms with Gasteiger partial charge in [0.2, 0.25) is 11.7 Å². The molecule has 0 unspecified atom stereocenters. The predicted molar refractivity (Wildman–Crippen MR) is 78.5 cm³/mol. The second kappa shape index (κ2) is 6.55. The number of ether oxygens (including phenoxy) is 1. The summed E-state index contributed by atoms with van der Waals surface area (Å²) in [5.74, 6) is 12.3. The molecule has 1 aromatic carbocycles. The minimum Gasteiger partial charge on any atom is -0.487 e. The third kappa shape index (κ3) is 3.05. The van der Waals surface area contributed by atoms with Crippen molar-refractivity contribution in [1.82, 2.24) is 9.97 Å². The fourth-order valence-corrected chi connectivity index (χ4v) is 1.63. The monoisotopic (exact) mass is 275 g/mol. The van der Waals surface area contributed by atoms with Crippen molar-refractivity contribution in [1.29, 1.82) is 0 Å². The lowest BCUT2D eigenvalue weighted by Gasteiger charge is -2.14. The molecule has 0 radical (unpaired) electrons. The lowest BCUT2D eigenvalue weighted by Crippen LogP contribution is -2.17. The van der Waals surface area contributed by atoms with Crippen LogP contribution in [0.1, 0.15) is 6.92 Å². The molecule has 1 aromatic heterocycles. The van der Waals surface area contributed by atoms with E-state index >= 15 is 0 Å². The van der Waals surface area contributed by atoms with Gasteiger partial charge in [0.25, 0.3) is 0 Å². The van der Waals surface area contributed by atoms with Gasteiger partial charge in [-0.25, -0.2) is 11.7 Å². The number of nitrogens with two attached hydrogens (primary N) is 2. The molecule has 0 fully saturated rings.